The van der Waals surface area contributed by atoms with Crippen LogP contribution in [0.25, 0.3) is 0 Å². The molecule has 0 fully saturated rings. The Bertz CT molecular complexity index is 626. The molecule has 294 valence electrons. The fourth-order valence-corrected chi connectivity index (χ4v) is 7.36. The van der Waals surface area contributed by atoms with Crippen molar-refractivity contribution in [2.24, 2.45) is 0 Å². The summed E-state index contributed by atoms with van der Waals surface area (Å²) in [6.45, 7) is 4.27. The Morgan fingerprint density at radius 2 is 0.653 bits per heavy atom. The van der Waals surface area contributed by atoms with Crippen molar-refractivity contribution in [1.29, 1.82) is 0 Å². The Morgan fingerprint density at radius 1 is 0.408 bits per heavy atom. The number of nitrogens with one attached hydrogen (secondary N) is 1. The quantitative estimate of drug-likeness (QED) is 0.0557. The highest BCUT2D eigenvalue weighted by atomic mass is 16.3. The van der Waals surface area contributed by atoms with Crippen LogP contribution in [0.2, 0.25) is 0 Å². The third-order valence-electron chi connectivity index (χ3n) is 10.9. The summed E-state index contributed by atoms with van der Waals surface area (Å²) in [7, 11) is 0. The first-order valence-electron chi connectivity index (χ1n) is 22.7. The van der Waals surface area contributed by atoms with Crippen molar-refractivity contribution in [3.05, 3.63) is 0 Å². The second kappa shape index (κ2) is 41.8. The zero-order valence-corrected chi connectivity index (χ0v) is 33.7. The van der Waals surface area contributed by atoms with Gasteiger partial charge in [-0.1, -0.05) is 245 Å². The van der Waals surface area contributed by atoms with Crippen LogP contribution in [0.3, 0.4) is 0 Å². The highest BCUT2D eigenvalue weighted by Crippen LogP contribution is 2.17. The van der Waals surface area contributed by atoms with E-state index in [1.54, 1.807) is 0 Å². The van der Waals surface area contributed by atoms with Crippen LogP contribution in [0.15, 0.2) is 0 Å². The Labute approximate surface area is 308 Å². The van der Waals surface area contributed by atoms with Crippen LogP contribution in [-0.2, 0) is 4.79 Å². The topological polar surface area (TPSA) is 69.6 Å². The summed E-state index contributed by atoms with van der Waals surface area (Å²) >= 11 is 0. The lowest BCUT2D eigenvalue weighted by Gasteiger charge is -2.22. The number of hydrogen-bond donors (Lipinski definition) is 3. The van der Waals surface area contributed by atoms with Gasteiger partial charge in [0.15, 0.2) is 0 Å². The maximum atomic E-state index is 12.1. The fraction of sp³-hybridized carbons (Fsp3) is 0.978. The standard InChI is InChI=1S/C45H91NO3/c1-3-5-7-9-10-11-12-13-14-15-16-17-18-19-20-21-22-23-24-25-26-27-28-29-30-31-32-33-34-35-36-37-38-40-44(48)43(42-47)46-45(49)41-39-8-6-4-2/h43-44,47-48H,3-42H2,1-2H3,(H,46,49). The average molecular weight is 694 g/mol. The maximum Gasteiger partial charge on any atom is 0.220 e. The van der Waals surface area contributed by atoms with Gasteiger partial charge < -0.3 is 15.5 Å². The summed E-state index contributed by atoms with van der Waals surface area (Å²) in [4.78, 5) is 12.1. The molecule has 0 aliphatic heterocycles. The minimum absolute atomic E-state index is 0.0459. The number of carbonyl (C=O) groups is 1. The number of rotatable bonds is 42. The van der Waals surface area contributed by atoms with Gasteiger partial charge in [0.1, 0.15) is 0 Å². The molecule has 1 amide bonds. The third kappa shape index (κ3) is 38.5. The van der Waals surface area contributed by atoms with Gasteiger partial charge in [-0.25, -0.2) is 0 Å². The first-order valence-corrected chi connectivity index (χ1v) is 22.7. The minimum atomic E-state index is -0.650. The average Bonchev–Trinajstić information content (AvgIpc) is 3.11. The predicted octanol–water partition coefficient (Wildman–Crippen LogP) is 14.1. The molecule has 0 bridgehead atoms. The van der Waals surface area contributed by atoms with Crippen molar-refractivity contribution in [2.45, 2.75) is 276 Å². The summed E-state index contributed by atoms with van der Waals surface area (Å²) in [5.74, 6) is -0.0459. The molecule has 4 heteroatoms. The molecule has 0 saturated heterocycles. The largest absolute Gasteiger partial charge is 0.394 e. The monoisotopic (exact) mass is 694 g/mol. The maximum absolute atomic E-state index is 12.1. The summed E-state index contributed by atoms with van der Waals surface area (Å²) in [6, 6.07) is -0.526. The van der Waals surface area contributed by atoms with E-state index < -0.39 is 12.1 Å². The first-order chi connectivity index (χ1) is 24.2. The summed E-state index contributed by atoms with van der Waals surface area (Å²) in [5.41, 5.74) is 0. The van der Waals surface area contributed by atoms with Crippen LogP contribution in [0.4, 0.5) is 0 Å². The van der Waals surface area contributed by atoms with E-state index in [1.165, 1.54) is 199 Å². The van der Waals surface area contributed by atoms with Crippen LogP contribution in [-0.4, -0.2) is 34.9 Å². The van der Waals surface area contributed by atoms with Gasteiger partial charge >= 0.3 is 0 Å². The molecule has 0 aromatic carbocycles. The van der Waals surface area contributed by atoms with E-state index in [0.717, 1.165) is 38.5 Å². The van der Waals surface area contributed by atoms with Crippen molar-refractivity contribution in [3.8, 4) is 0 Å². The molecule has 0 heterocycles. The van der Waals surface area contributed by atoms with Crippen LogP contribution >= 0.6 is 0 Å². The Hall–Kier alpha value is -0.610. The lowest BCUT2D eigenvalue weighted by atomic mass is 10.0. The smallest absolute Gasteiger partial charge is 0.220 e. The molecule has 4 nitrogen and oxygen atoms in total. The van der Waals surface area contributed by atoms with Gasteiger partial charge in [-0.3, -0.25) is 4.79 Å². The molecule has 0 aromatic rings. The minimum Gasteiger partial charge on any atom is -0.394 e. The summed E-state index contributed by atoms with van der Waals surface area (Å²) < 4.78 is 0. The van der Waals surface area contributed by atoms with Crippen molar-refractivity contribution >= 4 is 5.91 Å². The number of hydrogen-bond acceptors (Lipinski definition) is 3. The molecule has 0 saturated carbocycles. The Kier molecular flexibility index (Phi) is 41.3. The third-order valence-corrected chi connectivity index (χ3v) is 10.9. The summed E-state index contributed by atoms with van der Waals surface area (Å²) in [6.07, 6.45) is 51.2. The number of aliphatic hydroxyl groups is 2. The van der Waals surface area contributed by atoms with E-state index in [1.807, 2.05) is 0 Å². The Morgan fingerprint density at radius 3 is 0.918 bits per heavy atom. The molecule has 0 aromatic heterocycles. The van der Waals surface area contributed by atoms with Gasteiger partial charge in [0.2, 0.25) is 5.91 Å². The van der Waals surface area contributed by atoms with Gasteiger partial charge in [-0.2, -0.15) is 0 Å². The van der Waals surface area contributed by atoms with Crippen molar-refractivity contribution in [2.75, 3.05) is 6.61 Å². The molecular formula is C45H91NO3. The highest BCUT2D eigenvalue weighted by molar-refractivity contribution is 5.76. The molecule has 2 unspecified atom stereocenters. The molecule has 0 spiro atoms. The number of aliphatic hydroxyl groups excluding tert-OH is 2. The molecule has 49 heavy (non-hydrogen) atoms. The van der Waals surface area contributed by atoms with Crippen LogP contribution in [0, 0.1) is 0 Å². The predicted molar refractivity (Wildman–Crippen MR) is 216 cm³/mol. The molecule has 0 radical (unpaired) electrons. The zero-order valence-electron chi connectivity index (χ0n) is 33.7. The molecule has 0 aliphatic rings. The molecule has 3 N–H and O–H groups in total. The van der Waals surface area contributed by atoms with E-state index in [-0.39, 0.29) is 12.5 Å². The molecular weight excluding hydrogens is 602 g/mol. The summed E-state index contributed by atoms with van der Waals surface area (Å²) in [5, 5.41) is 22.8. The Balaban J connectivity index is 3.26. The van der Waals surface area contributed by atoms with E-state index in [9.17, 15) is 15.0 Å². The second-order valence-corrected chi connectivity index (χ2v) is 15.8. The molecule has 0 rings (SSSR count). The number of amides is 1. The van der Waals surface area contributed by atoms with Gasteiger partial charge in [0, 0.05) is 6.42 Å². The van der Waals surface area contributed by atoms with Crippen molar-refractivity contribution in [3.63, 3.8) is 0 Å². The lowest BCUT2D eigenvalue weighted by molar-refractivity contribution is -0.123. The van der Waals surface area contributed by atoms with E-state index in [2.05, 4.69) is 19.2 Å². The highest BCUT2D eigenvalue weighted by Gasteiger charge is 2.19. The zero-order chi connectivity index (χ0) is 35.7. The van der Waals surface area contributed by atoms with Gasteiger partial charge in [-0.05, 0) is 12.8 Å². The SMILES string of the molecule is CCCCCCCCCCCCCCCCCCCCCCCCCCCCCCCCCCCC(O)C(CO)NC(=O)CCCCCC. The van der Waals surface area contributed by atoms with Gasteiger partial charge in [-0.15, -0.1) is 0 Å². The lowest BCUT2D eigenvalue weighted by Crippen LogP contribution is -2.45. The molecule has 2 atom stereocenters. The fourth-order valence-electron chi connectivity index (χ4n) is 7.36. The van der Waals surface area contributed by atoms with E-state index in [0.29, 0.717) is 12.8 Å². The molecule has 0 aliphatic carbocycles. The second-order valence-electron chi connectivity index (χ2n) is 15.8. The van der Waals surface area contributed by atoms with Crippen LogP contribution in [0.1, 0.15) is 264 Å². The first kappa shape index (κ1) is 48.4. The number of unbranched alkanes of at least 4 members (excludes halogenated alkanes) is 35. The van der Waals surface area contributed by atoms with Gasteiger partial charge in [0.05, 0.1) is 18.8 Å². The van der Waals surface area contributed by atoms with Crippen LogP contribution in [0.5, 0.6) is 0 Å². The van der Waals surface area contributed by atoms with Crippen LogP contribution < -0.4 is 5.32 Å². The van der Waals surface area contributed by atoms with Gasteiger partial charge in [0.25, 0.3) is 0 Å². The number of carbonyl (C=O) groups excluding carboxylic acids is 1. The van der Waals surface area contributed by atoms with E-state index >= 15 is 0 Å². The van der Waals surface area contributed by atoms with Crippen molar-refractivity contribution < 1.29 is 15.0 Å². The van der Waals surface area contributed by atoms with Crippen molar-refractivity contribution in [1.82, 2.24) is 5.32 Å². The normalized spacial score (nSPS) is 12.8. The van der Waals surface area contributed by atoms with E-state index in [4.69, 9.17) is 0 Å².